The molecular weight excluding hydrogens is 384 g/mol. The highest BCUT2D eigenvalue weighted by Gasteiger charge is 2.58. The third-order valence-corrected chi connectivity index (χ3v) is 10.4. The molecule has 8 atom stereocenters. The predicted molar refractivity (Wildman–Crippen MR) is 125 cm³/mol. The number of carbonyl (C=O) groups excluding carboxylic acids is 1. The van der Waals surface area contributed by atoms with E-state index in [1.807, 2.05) is 6.92 Å². The predicted octanol–water partition coefficient (Wildman–Crippen LogP) is 6.46. The van der Waals surface area contributed by atoms with Crippen LogP contribution in [0.4, 0.5) is 0 Å². The molecule has 3 nitrogen and oxygen atoms in total. The molecule has 3 fully saturated rings. The van der Waals surface area contributed by atoms with Crippen molar-refractivity contribution in [1.29, 1.82) is 0 Å². The van der Waals surface area contributed by atoms with Crippen molar-refractivity contribution >= 4 is 5.97 Å². The largest absolute Gasteiger partial charge is 0.463 e. The maximum atomic E-state index is 11.8. The van der Waals surface area contributed by atoms with E-state index in [0.717, 1.165) is 37.5 Å². The van der Waals surface area contributed by atoms with Gasteiger partial charge in [-0.1, -0.05) is 45.4 Å². The van der Waals surface area contributed by atoms with Gasteiger partial charge < -0.3 is 9.84 Å². The Morgan fingerprint density at radius 3 is 2.71 bits per heavy atom. The van der Waals surface area contributed by atoms with Gasteiger partial charge in [0.1, 0.15) is 0 Å². The standard InChI is InChI=1S/C28H44O3/c1-6-28(30)17-16-26(4)20(18-28)9-10-21-23-12-11-22(27(23,5)15-14-24(21)26)19(3)8-13-25(29)31-7-2/h8,13-14,19-23,30H,6-7,9-12,15-18H2,1-5H3/b13-8+/t19-,20+,21+,22-,23+,26+,27-,28+/m1/s1. The van der Waals surface area contributed by atoms with Crippen LogP contribution in [0.25, 0.3) is 0 Å². The summed E-state index contributed by atoms with van der Waals surface area (Å²) in [6.45, 7) is 11.8. The molecule has 1 N–H and O–H groups in total. The van der Waals surface area contributed by atoms with Gasteiger partial charge in [-0.15, -0.1) is 0 Å². The highest BCUT2D eigenvalue weighted by molar-refractivity contribution is 5.81. The van der Waals surface area contributed by atoms with Gasteiger partial charge in [0.2, 0.25) is 0 Å². The molecule has 0 spiro atoms. The number of fused-ring (bicyclic) bond motifs is 5. The van der Waals surface area contributed by atoms with E-state index in [1.54, 1.807) is 11.6 Å². The van der Waals surface area contributed by atoms with E-state index in [0.29, 0.717) is 35.2 Å². The highest BCUT2D eigenvalue weighted by Crippen LogP contribution is 2.67. The highest BCUT2D eigenvalue weighted by atomic mass is 16.5. The number of allylic oxidation sites excluding steroid dienone is 3. The summed E-state index contributed by atoms with van der Waals surface area (Å²) in [5.41, 5.74) is 1.94. The average Bonchev–Trinajstić information content (AvgIpc) is 3.10. The Balaban J connectivity index is 1.54. The molecule has 0 radical (unpaired) electrons. The number of esters is 1. The van der Waals surface area contributed by atoms with Gasteiger partial charge in [0.05, 0.1) is 12.2 Å². The molecule has 0 heterocycles. The van der Waals surface area contributed by atoms with Crippen molar-refractivity contribution in [3.63, 3.8) is 0 Å². The van der Waals surface area contributed by atoms with Crippen LogP contribution in [-0.4, -0.2) is 23.3 Å². The first-order valence-corrected chi connectivity index (χ1v) is 12.9. The molecule has 0 aromatic heterocycles. The summed E-state index contributed by atoms with van der Waals surface area (Å²) in [7, 11) is 0. The van der Waals surface area contributed by atoms with Crippen molar-refractivity contribution in [2.24, 2.45) is 40.4 Å². The summed E-state index contributed by atoms with van der Waals surface area (Å²) in [5.74, 6) is 2.94. The van der Waals surface area contributed by atoms with Crippen LogP contribution < -0.4 is 0 Å². The Morgan fingerprint density at radius 1 is 1.23 bits per heavy atom. The second-order valence-corrected chi connectivity index (χ2v) is 11.7. The molecule has 4 aliphatic carbocycles. The third-order valence-electron chi connectivity index (χ3n) is 10.4. The van der Waals surface area contributed by atoms with Crippen LogP contribution in [0.3, 0.4) is 0 Å². The van der Waals surface area contributed by atoms with Gasteiger partial charge in [-0.3, -0.25) is 0 Å². The van der Waals surface area contributed by atoms with E-state index < -0.39 is 5.60 Å². The van der Waals surface area contributed by atoms with Crippen LogP contribution in [0.1, 0.15) is 92.4 Å². The van der Waals surface area contributed by atoms with Gasteiger partial charge >= 0.3 is 5.97 Å². The minimum atomic E-state index is -0.431. The smallest absolute Gasteiger partial charge is 0.330 e. The normalized spacial score (nSPS) is 45.4. The zero-order valence-electron chi connectivity index (χ0n) is 20.5. The van der Waals surface area contributed by atoms with Crippen LogP contribution in [0, 0.1) is 40.4 Å². The lowest BCUT2D eigenvalue weighted by Crippen LogP contribution is -2.51. The molecule has 0 aliphatic heterocycles. The molecule has 0 aromatic rings. The van der Waals surface area contributed by atoms with Gasteiger partial charge in [-0.25, -0.2) is 4.79 Å². The van der Waals surface area contributed by atoms with Gasteiger partial charge in [0.25, 0.3) is 0 Å². The van der Waals surface area contributed by atoms with Crippen molar-refractivity contribution in [3.8, 4) is 0 Å². The summed E-state index contributed by atoms with van der Waals surface area (Å²) in [6.07, 6.45) is 16.7. The van der Waals surface area contributed by atoms with Gasteiger partial charge in [-0.2, -0.15) is 0 Å². The second-order valence-electron chi connectivity index (χ2n) is 11.7. The monoisotopic (exact) mass is 428 g/mol. The Hall–Kier alpha value is -1.09. The number of hydrogen-bond donors (Lipinski definition) is 1. The fourth-order valence-electron chi connectivity index (χ4n) is 8.37. The maximum Gasteiger partial charge on any atom is 0.330 e. The van der Waals surface area contributed by atoms with E-state index in [4.69, 9.17) is 4.74 Å². The van der Waals surface area contributed by atoms with Crippen LogP contribution in [0.15, 0.2) is 23.8 Å². The van der Waals surface area contributed by atoms with Crippen LogP contribution >= 0.6 is 0 Å². The number of ether oxygens (including phenoxy) is 1. The first-order valence-electron chi connectivity index (χ1n) is 12.9. The van der Waals surface area contributed by atoms with Crippen LogP contribution in [0.2, 0.25) is 0 Å². The van der Waals surface area contributed by atoms with E-state index in [9.17, 15) is 9.90 Å². The summed E-state index contributed by atoms with van der Waals surface area (Å²) in [5, 5.41) is 11.0. The second kappa shape index (κ2) is 8.36. The number of aliphatic hydroxyl groups is 1. The van der Waals surface area contributed by atoms with E-state index >= 15 is 0 Å². The first-order chi connectivity index (χ1) is 14.7. The van der Waals surface area contributed by atoms with Crippen LogP contribution in [0.5, 0.6) is 0 Å². The fourth-order valence-corrected chi connectivity index (χ4v) is 8.37. The lowest BCUT2D eigenvalue weighted by molar-refractivity contribution is -0.137. The van der Waals surface area contributed by atoms with Crippen molar-refractivity contribution in [2.45, 2.75) is 98.0 Å². The molecule has 3 saturated carbocycles. The van der Waals surface area contributed by atoms with Crippen molar-refractivity contribution in [1.82, 2.24) is 0 Å². The molecule has 0 unspecified atom stereocenters. The molecule has 3 heteroatoms. The minimum absolute atomic E-state index is 0.213. The Bertz CT molecular complexity index is 753. The molecule has 0 amide bonds. The van der Waals surface area contributed by atoms with Crippen LogP contribution in [-0.2, 0) is 9.53 Å². The van der Waals surface area contributed by atoms with Crippen molar-refractivity contribution < 1.29 is 14.6 Å². The first kappa shape index (κ1) is 23.1. The quantitative estimate of drug-likeness (QED) is 0.310. The van der Waals surface area contributed by atoms with E-state index in [1.165, 1.54) is 32.1 Å². The summed E-state index contributed by atoms with van der Waals surface area (Å²) >= 11 is 0. The summed E-state index contributed by atoms with van der Waals surface area (Å²) < 4.78 is 5.09. The zero-order chi connectivity index (χ0) is 22.4. The Kier molecular flexibility index (Phi) is 6.22. The molecular formula is C28H44O3. The summed E-state index contributed by atoms with van der Waals surface area (Å²) in [4.78, 5) is 11.8. The fraction of sp³-hybridized carbons (Fsp3) is 0.821. The van der Waals surface area contributed by atoms with Gasteiger partial charge in [-0.05, 0) is 105 Å². The molecule has 0 saturated heterocycles. The minimum Gasteiger partial charge on any atom is -0.463 e. The number of carbonyl (C=O) groups is 1. The zero-order valence-corrected chi connectivity index (χ0v) is 20.5. The van der Waals surface area contributed by atoms with E-state index in [2.05, 4.69) is 39.8 Å². The molecule has 4 aliphatic rings. The van der Waals surface area contributed by atoms with Crippen molar-refractivity contribution in [2.75, 3.05) is 6.61 Å². The average molecular weight is 429 g/mol. The van der Waals surface area contributed by atoms with Gasteiger partial charge in [0, 0.05) is 6.08 Å². The topological polar surface area (TPSA) is 46.5 Å². The maximum absolute atomic E-state index is 11.8. The molecule has 0 bridgehead atoms. The molecule has 31 heavy (non-hydrogen) atoms. The summed E-state index contributed by atoms with van der Waals surface area (Å²) in [6, 6.07) is 0. The number of rotatable bonds is 5. The Morgan fingerprint density at radius 2 is 2.00 bits per heavy atom. The molecule has 174 valence electrons. The van der Waals surface area contributed by atoms with E-state index in [-0.39, 0.29) is 5.97 Å². The lowest BCUT2D eigenvalue weighted by Gasteiger charge is -2.58. The number of hydrogen-bond acceptors (Lipinski definition) is 3. The van der Waals surface area contributed by atoms with Crippen molar-refractivity contribution in [3.05, 3.63) is 23.8 Å². The Labute approximate surface area is 189 Å². The van der Waals surface area contributed by atoms with Gasteiger partial charge in [0.15, 0.2) is 0 Å². The molecule has 0 aromatic carbocycles. The third kappa shape index (κ3) is 3.83. The lowest BCUT2D eigenvalue weighted by atomic mass is 9.47. The SMILES string of the molecule is CCOC(=O)/C=C/[C@@H](C)[C@H]1CC[C@H]2[C@@H]3CC[C@H]4C[C@](O)(CC)CC[C@]4(C)C3=CC[C@]12C. The molecule has 4 rings (SSSR count).